The van der Waals surface area contributed by atoms with Crippen molar-refractivity contribution in [2.24, 2.45) is 5.16 Å². The molecule has 0 bridgehead atoms. The van der Waals surface area contributed by atoms with Crippen LogP contribution < -0.4 is 10.6 Å². The molecule has 3 atom stereocenters. The normalized spacial score (nSPS) is 22.9. The standard InChI is InChI=1S/C17H17N5O6S2/c1-3-4-28-21-11(9-6-29-17(19-9)18-7-23)13(24)20-12-14(25)22-10(16(26)27)5-8(2)30-15(12)22/h3,5-8,12,15H,1,4H2,2H3,(H,20,24)(H,26,27)(H,18,19,23)/b21-11-/t8?,12?,15-/m1/s1. The quantitative estimate of drug-likeness (QED) is 0.122. The van der Waals surface area contributed by atoms with Crippen molar-refractivity contribution in [2.75, 3.05) is 11.9 Å². The van der Waals surface area contributed by atoms with Crippen LogP contribution >= 0.6 is 23.1 Å². The molecule has 0 aliphatic carbocycles. The van der Waals surface area contributed by atoms with Gasteiger partial charge in [-0.25, -0.2) is 9.78 Å². The number of β-lactam (4-membered cyclic amide) rings is 1. The van der Waals surface area contributed by atoms with Crippen molar-refractivity contribution in [3.63, 3.8) is 0 Å². The van der Waals surface area contributed by atoms with Gasteiger partial charge in [-0.2, -0.15) is 0 Å². The molecule has 3 heterocycles. The fraction of sp³-hybridized carbons (Fsp3) is 0.294. The molecule has 1 saturated heterocycles. The Morgan fingerprint density at radius 3 is 2.93 bits per heavy atom. The molecule has 0 saturated carbocycles. The van der Waals surface area contributed by atoms with Crippen LogP contribution in [0.15, 0.2) is 35.0 Å². The number of oxime groups is 1. The molecule has 2 aliphatic heterocycles. The summed E-state index contributed by atoms with van der Waals surface area (Å²) in [6, 6.07) is -0.927. The molecule has 3 amide bonds. The van der Waals surface area contributed by atoms with E-state index in [1.165, 1.54) is 29.3 Å². The van der Waals surface area contributed by atoms with Gasteiger partial charge in [0.1, 0.15) is 29.4 Å². The Hall–Kier alpha value is -3.19. The van der Waals surface area contributed by atoms with Crippen molar-refractivity contribution in [1.82, 2.24) is 15.2 Å². The highest BCUT2D eigenvalue weighted by molar-refractivity contribution is 8.00. The van der Waals surface area contributed by atoms with E-state index >= 15 is 0 Å². The van der Waals surface area contributed by atoms with Crippen LogP contribution in [-0.2, 0) is 24.0 Å². The molecule has 2 aliphatic rings. The second kappa shape index (κ2) is 9.09. The van der Waals surface area contributed by atoms with Crippen molar-refractivity contribution in [3.8, 4) is 0 Å². The largest absolute Gasteiger partial charge is 0.477 e. The molecule has 0 aromatic carbocycles. The van der Waals surface area contributed by atoms with Crippen LogP contribution in [0.2, 0.25) is 0 Å². The van der Waals surface area contributed by atoms with Crippen LogP contribution in [-0.4, -0.2) is 68.2 Å². The van der Waals surface area contributed by atoms with E-state index in [1.54, 1.807) is 6.92 Å². The Kier molecular flexibility index (Phi) is 6.52. The summed E-state index contributed by atoms with van der Waals surface area (Å²) < 4.78 is 0. The first-order chi connectivity index (χ1) is 14.4. The molecule has 11 nitrogen and oxygen atoms in total. The molecule has 30 heavy (non-hydrogen) atoms. The summed E-state index contributed by atoms with van der Waals surface area (Å²) in [4.78, 5) is 57.6. The number of carbonyl (C=O) groups is 4. The lowest BCUT2D eigenvalue weighted by Gasteiger charge is -2.49. The number of fused-ring (bicyclic) bond motifs is 1. The highest BCUT2D eigenvalue weighted by Gasteiger charge is 2.54. The smallest absolute Gasteiger partial charge is 0.352 e. The number of hydrogen-bond acceptors (Lipinski definition) is 9. The third-order valence-electron chi connectivity index (χ3n) is 4.05. The summed E-state index contributed by atoms with van der Waals surface area (Å²) in [5, 5.41) is 19.1. The zero-order chi connectivity index (χ0) is 21.8. The van der Waals surface area contributed by atoms with E-state index in [0.29, 0.717) is 6.41 Å². The number of anilines is 1. The number of aliphatic carboxylic acids is 1. The number of rotatable bonds is 9. The first kappa shape index (κ1) is 21.5. The van der Waals surface area contributed by atoms with Gasteiger partial charge < -0.3 is 20.6 Å². The number of thioether (sulfide) groups is 1. The number of carboxylic acids is 1. The van der Waals surface area contributed by atoms with Crippen molar-refractivity contribution in [1.29, 1.82) is 0 Å². The number of nitrogens with one attached hydrogen (secondary N) is 2. The third kappa shape index (κ3) is 4.21. The first-order valence-electron chi connectivity index (χ1n) is 8.58. The average molecular weight is 451 g/mol. The molecule has 3 N–H and O–H groups in total. The monoisotopic (exact) mass is 451 g/mol. The van der Waals surface area contributed by atoms with Crippen LogP contribution in [0.1, 0.15) is 12.6 Å². The second-order valence-electron chi connectivity index (χ2n) is 6.07. The summed E-state index contributed by atoms with van der Waals surface area (Å²) >= 11 is 2.43. The summed E-state index contributed by atoms with van der Waals surface area (Å²) in [6.07, 6.45) is 3.38. The molecule has 0 spiro atoms. The molecule has 3 rings (SSSR count). The lowest BCUT2D eigenvalue weighted by Crippen LogP contribution is -2.71. The van der Waals surface area contributed by atoms with Crippen LogP contribution in [0.25, 0.3) is 0 Å². The number of nitrogens with zero attached hydrogens (tertiary/aromatic N) is 3. The van der Waals surface area contributed by atoms with E-state index in [4.69, 9.17) is 4.84 Å². The molecule has 1 fully saturated rings. The Balaban J connectivity index is 1.79. The Labute approximate surface area is 178 Å². The van der Waals surface area contributed by atoms with Gasteiger partial charge in [0.15, 0.2) is 10.8 Å². The fourth-order valence-electron chi connectivity index (χ4n) is 2.80. The van der Waals surface area contributed by atoms with Gasteiger partial charge in [0.2, 0.25) is 6.41 Å². The second-order valence-corrected chi connectivity index (χ2v) is 8.43. The van der Waals surface area contributed by atoms with E-state index in [2.05, 4.69) is 27.4 Å². The minimum Gasteiger partial charge on any atom is -0.477 e. The maximum Gasteiger partial charge on any atom is 0.352 e. The van der Waals surface area contributed by atoms with Crippen molar-refractivity contribution in [2.45, 2.75) is 23.6 Å². The number of aromatic nitrogens is 1. The van der Waals surface area contributed by atoms with Crippen molar-refractivity contribution >= 4 is 58.1 Å². The molecule has 0 radical (unpaired) electrons. The SMILES string of the molecule is C=CCO/N=C(\C(=O)NC1C(=O)N2C(C(=O)O)=CC(C)S[C@H]12)c1csc(NC=O)n1. The minimum absolute atomic E-state index is 0.0409. The average Bonchev–Trinajstić information content (AvgIpc) is 3.17. The van der Waals surface area contributed by atoms with Gasteiger partial charge in [0.25, 0.3) is 11.8 Å². The summed E-state index contributed by atoms with van der Waals surface area (Å²) in [6.45, 7) is 5.34. The van der Waals surface area contributed by atoms with E-state index in [1.807, 2.05) is 0 Å². The topological polar surface area (TPSA) is 150 Å². The highest BCUT2D eigenvalue weighted by Crippen LogP contribution is 2.40. The van der Waals surface area contributed by atoms with Gasteiger partial charge in [-0.1, -0.05) is 17.8 Å². The Morgan fingerprint density at radius 1 is 1.50 bits per heavy atom. The Bertz CT molecular complexity index is 958. The predicted octanol–water partition coefficient (Wildman–Crippen LogP) is 0.375. The van der Waals surface area contributed by atoms with Crippen LogP contribution in [0.4, 0.5) is 5.13 Å². The molecule has 1 aromatic heterocycles. The minimum atomic E-state index is -1.21. The van der Waals surface area contributed by atoms with Gasteiger partial charge in [0.05, 0.1) is 0 Å². The number of thiazole rings is 1. The van der Waals surface area contributed by atoms with E-state index in [-0.39, 0.29) is 34.1 Å². The van der Waals surface area contributed by atoms with Gasteiger partial charge in [-0.15, -0.1) is 23.1 Å². The molecule has 1 aromatic rings. The van der Waals surface area contributed by atoms with Crippen LogP contribution in [0.5, 0.6) is 0 Å². The lowest BCUT2D eigenvalue weighted by atomic mass is 10.0. The van der Waals surface area contributed by atoms with Gasteiger partial charge in [0, 0.05) is 10.6 Å². The van der Waals surface area contributed by atoms with E-state index in [9.17, 15) is 24.3 Å². The van der Waals surface area contributed by atoms with Crippen LogP contribution in [0.3, 0.4) is 0 Å². The molecular weight excluding hydrogens is 434 g/mol. The van der Waals surface area contributed by atoms with Gasteiger partial charge in [-0.05, 0) is 13.0 Å². The summed E-state index contributed by atoms with van der Waals surface area (Å²) in [5.41, 5.74) is -0.152. The van der Waals surface area contributed by atoms with Gasteiger partial charge in [-0.3, -0.25) is 19.3 Å². The zero-order valence-electron chi connectivity index (χ0n) is 15.6. The molecule has 2 unspecified atom stereocenters. The van der Waals surface area contributed by atoms with Crippen LogP contribution in [0, 0.1) is 0 Å². The highest BCUT2D eigenvalue weighted by atomic mass is 32.2. The third-order valence-corrected chi connectivity index (χ3v) is 6.15. The molecule has 158 valence electrons. The maximum atomic E-state index is 12.8. The number of carboxylic acid groups (broad SMARTS) is 1. The zero-order valence-corrected chi connectivity index (χ0v) is 17.2. The maximum absolute atomic E-state index is 12.8. The first-order valence-corrected chi connectivity index (χ1v) is 10.4. The predicted molar refractivity (Wildman–Crippen MR) is 110 cm³/mol. The van der Waals surface area contributed by atoms with Gasteiger partial charge >= 0.3 is 5.97 Å². The fourth-order valence-corrected chi connectivity index (χ4v) is 4.78. The molecule has 13 heteroatoms. The summed E-state index contributed by atoms with van der Waals surface area (Å²) in [5.74, 6) is -2.46. The lowest BCUT2D eigenvalue weighted by molar-refractivity contribution is -0.150. The Morgan fingerprint density at radius 2 is 2.27 bits per heavy atom. The summed E-state index contributed by atoms with van der Waals surface area (Å²) in [7, 11) is 0. The van der Waals surface area contributed by atoms with E-state index < -0.39 is 29.2 Å². The van der Waals surface area contributed by atoms with Crippen molar-refractivity contribution in [3.05, 3.63) is 35.5 Å². The van der Waals surface area contributed by atoms with E-state index in [0.717, 1.165) is 16.2 Å². The van der Waals surface area contributed by atoms with Crippen molar-refractivity contribution < 1.29 is 29.1 Å². The number of hydrogen-bond donors (Lipinski definition) is 3. The number of amides is 3. The molecular formula is C17H17N5O6S2. The number of carbonyl (C=O) groups excluding carboxylic acids is 3.